The van der Waals surface area contributed by atoms with E-state index in [9.17, 15) is 19.1 Å². The largest absolute Gasteiger partial charge is 0.477 e. The van der Waals surface area contributed by atoms with Crippen LogP contribution in [-0.2, 0) is 6.42 Å². The van der Waals surface area contributed by atoms with Crippen LogP contribution < -0.4 is 5.43 Å². The maximum atomic E-state index is 13.7. The molecule has 134 valence electrons. The van der Waals surface area contributed by atoms with Crippen molar-refractivity contribution in [3.63, 3.8) is 0 Å². The van der Waals surface area contributed by atoms with E-state index in [1.165, 1.54) is 18.3 Å². The number of carboxylic acids is 1. The van der Waals surface area contributed by atoms with Crippen LogP contribution in [0.4, 0.5) is 4.39 Å². The van der Waals surface area contributed by atoms with Gasteiger partial charge in [0.15, 0.2) is 5.43 Å². The first kappa shape index (κ1) is 16.8. The van der Waals surface area contributed by atoms with Gasteiger partial charge >= 0.3 is 5.97 Å². The Bertz CT molecular complexity index is 1040. The van der Waals surface area contributed by atoms with Crippen molar-refractivity contribution in [1.29, 1.82) is 0 Å². The molecule has 4 nitrogen and oxygen atoms in total. The predicted octanol–water partition coefficient (Wildman–Crippen LogP) is 4.14. The second kappa shape index (κ2) is 5.40. The SMILES string of the molecule is CC(C)(C)[C@@H]1CC2=C(Cc3cc(F)ccc32)c2cc(=O)c(C(=O)O)cn21. The standard InChI is InChI=1S/C21H20FNO3/c1-21(2,3)19-8-14-13-5-4-12(22)6-11(13)7-15(14)17-9-18(24)16(20(25)26)10-23(17)19/h4-6,9-10,19H,7-8H2,1-3H3,(H,25,26)/t19-/m0/s1. The van der Waals surface area contributed by atoms with E-state index in [1.54, 1.807) is 6.07 Å². The Labute approximate surface area is 150 Å². The highest BCUT2D eigenvalue weighted by Crippen LogP contribution is 2.50. The minimum Gasteiger partial charge on any atom is -0.477 e. The molecular formula is C21H20FNO3. The van der Waals surface area contributed by atoms with Crippen LogP contribution in [0.15, 0.2) is 35.3 Å². The van der Waals surface area contributed by atoms with Crippen LogP contribution in [0.2, 0.25) is 0 Å². The number of hydrogen-bond acceptors (Lipinski definition) is 2. The Balaban J connectivity index is 1.98. The molecule has 2 aromatic rings. The van der Waals surface area contributed by atoms with Crippen LogP contribution in [0.1, 0.15) is 60.4 Å². The summed E-state index contributed by atoms with van der Waals surface area (Å²) in [4.78, 5) is 23.8. The number of benzene rings is 1. The van der Waals surface area contributed by atoms with Crippen molar-refractivity contribution >= 4 is 17.1 Å². The zero-order chi connectivity index (χ0) is 18.8. The molecular weight excluding hydrogens is 333 g/mol. The first-order chi connectivity index (χ1) is 12.2. The summed E-state index contributed by atoms with van der Waals surface area (Å²) in [6.07, 6.45) is 2.76. The Morgan fingerprint density at radius 1 is 1.23 bits per heavy atom. The van der Waals surface area contributed by atoms with Gasteiger partial charge in [0.2, 0.25) is 0 Å². The fourth-order valence-corrected chi connectivity index (χ4v) is 4.17. The summed E-state index contributed by atoms with van der Waals surface area (Å²) >= 11 is 0. The van der Waals surface area contributed by atoms with Gasteiger partial charge in [-0.2, -0.15) is 0 Å². The van der Waals surface area contributed by atoms with Crippen molar-refractivity contribution in [3.05, 3.63) is 68.9 Å². The molecule has 2 heterocycles. The van der Waals surface area contributed by atoms with Crippen LogP contribution in [0, 0.1) is 11.2 Å². The molecule has 0 saturated carbocycles. The van der Waals surface area contributed by atoms with Gasteiger partial charge in [-0.3, -0.25) is 4.79 Å². The van der Waals surface area contributed by atoms with Gasteiger partial charge in [0.25, 0.3) is 0 Å². The van der Waals surface area contributed by atoms with E-state index in [1.807, 2.05) is 10.6 Å². The van der Waals surface area contributed by atoms with Gasteiger partial charge in [0, 0.05) is 30.4 Å². The number of halogens is 1. The highest BCUT2D eigenvalue weighted by atomic mass is 19.1. The molecule has 1 N–H and O–H groups in total. The summed E-state index contributed by atoms with van der Waals surface area (Å²) in [6, 6.07) is 6.26. The molecule has 1 aliphatic carbocycles. The molecule has 0 radical (unpaired) electrons. The molecule has 0 amide bonds. The van der Waals surface area contributed by atoms with Crippen LogP contribution in [0.25, 0.3) is 11.1 Å². The van der Waals surface area contributed by atoms with Crippen molar-refractivity contribution < 1.29 is 14.3 Å². The number of rotatable bonds is 1. The number of nitrogens with zero attached hydrogens (tertiary/aromatic N) is 1. The lowest BCUT2D eigenvalue weighted by Crippen LogP contribution is -2.32. The number of allylic oxidation sites excluding steroid dienone is 2. The third kappa shape index (κ3) is 2.42. The van der Waals surface area contributed by atoms with Crippen LogP contribution in [0.3, 0.4) is 0 Å². The molecule has 0 saturated heterocycles. The zero-order valence-corrected chi connectivity index (χ0v) is 15.0. The van der Waals surface area contributed by atoms with Gasteiger partial charge < -0.3 is 9.67 Å². The average molecular weight is 353 g/mol. The summed E-state index contributed by atoms with van der Waals surface area (Å²) in [5.41, 5.74) is 4.00. The Kier molecular flexibility index (Phi) is 3.48. The first-order valence-corrected chi connectivity index (χ1v) is 8.67. The van der Waals surface area contributed by atoms with Crippen LogP contribution >= 0.6 is 0 Å². The normalized spacial score (nSPS) is 18.4. The number of aromatic nitrogens is 1. The molecule has 0 fully saturated rings. The minimum atomic E-state index is -1.21. The average Bonchev–Trinajstić information content (AvgIpc) is 2.90. The lowest BCUT2D eigenvalue weighted by Gasteiger charge is -2.39. The Hall–Kier alpha value is -2.69. The monoisotopic (exact) mass is 353 g/mol. The number of carbonyl (C=O) groups is 1. The van der Waals surface area contributed by atoms with E-state index in [0.29, 0.717) is 6.42 Å². The molecule has 1 aromatic heterocycles. The quantitative estimate of drug-likeness (QED) is 0.838. The fourth-order valence-electron chi connectivity index (χ4n) is 4.17. The molecule has 0 spiro atoms. The third-order valence-corrected chi connectivity index (χ3v) is 5.48. The molecule has 0 bridgehead atoms. The summed E-state index contributed by atoms with van der Waals surface area (Å²) in [7, 11) is 0. The lowest BCUT2D eigenvalue weighted by atomic mass is 9.78. The summed E-state index contributed by atoms with van der Waals surface area (Å²) in [6.45, 7) is 6.31. The second-order valence-electron chi connectivity index (χ2n) is 8.17. The van der Waals surface area contributed by atoms with E-state index in [4.69, 9.17) is 0 Å². The minimum absolute atomic E-state index is 0.00551. The van der Waals surface area contributed by atoms with Crippen molar-refractivity contribution in [2.75, 3.05) is 0 Å². The van der Waals surface area contributed by atoms with Crippen molar-refractivity contribution in [1.82, 2.24) is 4.57 Å². The number of fused-ring (bicyclic) bond motifs is 4. The van der Waals surface area contributed by atoms with Gasteiger partial charge in [-0.05, 0) is 46.2 Å². The molecule has 2 aliphatic rings. The third-order valence-electron chi connectivity index (χ3n) is 5.48. The number of pyridine rings is 1. The number of hydrogen-bond donors (Lipinski definition) is 1. The van der Waals surface area contributed by atoms with Crippen LogP contribution in [0.5, 0.6) is 0 Å². The second-order valence-corrected chi connectivity index (χ2v) is 8.17. The maximum Gasteiger partial charge on any atom is 0.341 e. The Morgan fingerprint density at radius 2 is 1.96 bits per heavy atom. The molecule has 1 aromatic carbocycles. The van der Waals surface area contributed by atoms with Gasteiger partial charge in [0.05, 0.1) is 0 Å². The van der Waals surface area contributed by atoms with E-state index in [2.05, 4.69) is 20.8 Å². The summed E-state index contributed by atoms with van der Waals surface area (Å²) in [5, 5.41) is 9.35. The maximum absolute atomic E-state index is 13.7. The fraction of sp³-hybridized carbons (Fsp3) is 0.333. The van der Waals surface area contributed by atoms with Gasteiger partial charge in [-0.15, -0.1) is 0 Å². The van der Waals surface area contributed by atoms with E-state index in [0.717, 1.165) is 34.4 Å². The molecule has 0 unspecified atom stereocenters. The van der Waals surface area contributed by atoms with E-state index in [-0.39, 0.29) is 22.8 Å². The highest BCUT2D eigenvalue weighted by molar-refractivity contribution is 5.98. The predicted molar refractivity (Wildman–Crippen MR) is 97.7 cm³/mol. The highest BCUT2D eigenvalue weighted by Gasteiger charge is 2.37. The van der Waals surface area contributed by atoms with Gasteiger partial charge in [-0.1, -0.05) is 26.8 Å². The van der Waals surface area contributed by atoms with Crippen molar-refractivity contribution in [2.24, 2.45) is 5.41 Å². The van der Waals surface area contributed by atoms with E-state index >= 15 is 0 Å². The zero-order valence-electron chi connectivity index (χ0n) is 15.0. The Morgan fingerprint density at radius 3 is 2.62 bits per heavy atom. The number of aromatic carboxylic acids is 1. The van der Waals surface area contributed by atoms with E-state index < -0.39 is 11.4 Å². The lowest BCUT2D eigenvalue weighted by molar-refractivity contribution is 0.0693. The summed E-state index contributed by atoms with van der Waals surface area (Å²) < 4.78 is 15.6. The smallest absolute Gasteiger partial charge is 0.341 e. The summed E-state index contributed by atoms with van der Waals surface area (Å²) in [5.74, 6) is -1.48. The molecule has 1 aliphatic heterocycles. The van der Waals surface area contributed by atoms with Gasteiger partial charge in [-0.25, -0.2) is 9.18 Å². The van der Waals surface area contributed by atoms with Gasteiger partial charge in [0.1, 0.15) is 11.4 Å². The number of carboxylic acid groups (broad SMARTS) is 1. The van der Waals surface area contributed by atoms with Crippen molar-refractivity contribution in [3.8, 4) is 0 Å². The molecule has 1 atom stereocenters. The molecule has 26 heavy (non-hydrogen) atoms. The first-order valence-electron chi connectivity index (χ1n) is 8.67. The molecule has 5 heteroatoms. The van der Waals surface area contributed by atoms with Crippen LogP contribution in [-0.4, -0.2) is 15.6 Å². The topological polar surface area (TPSA) is 59.3 Å². The van der Waals surface area contributed by atoms with Crippen molar-refractivity contribution in [2.45, 2.75) is 39.7 Å². The molecule has 4 rings (SSSR count).